The molecule has 11 heteroatoms. The van der Waals surface area contributed by atoms with Gasteiger partial charge in [-0.05, 0) is 56.0 Å². The Morgan fingerprint density at radius 2 is 1.53 bits per heavy atom. The number of halogens is 4. The molecule has 1 aliphatic carbocycles. The zero-order valence-electron chi connectivity index (χ0n) is 18.7. The van der Waals surface area contributed by atoms with Crippen LogP contribution in [0.15, 0.2) is 48.7 Å². The van der Waals surface area contributed by atoms with Crippen molar-refractivity contribution < 1.29 is 37.0 Å². The van der Waals surface area contributed by atoms with E-state index in [1.165, 1.54) is 12.1 Å². The highest BCUT2D eigenvalue weighted by atomic mass is 19.2. The number of benzene rings is 2. The van der Waals surface area contributed by atoms with Crippen LogP contribution in [0.4, 0.5) is 17.6 Å². The number of nitrogens with one attached hydrogen (secondary N) is 2. The zero-order chi connectivity index (χ0) is 25.8. The minimum atomic E-state index is -1.16. The number of ether oxygens (including phenoxy) is 1. The lowest BCUT2D eigenvalue weighted by Crippen LogP contribution is -2.44. The first-order chi connectivity index (χ1) is 17.2. The van der Waals surface area contributed by atoms with Crippen LogP contribution in [0.1, 0.15) is 46.4 Å². The summed E-state index contributed by atoms with van der Waals surface area (Å²) >= 11 is 0. The van der Waals surface area contributed by atoms with E-state index in [2.05, 4.69) is 15.6 Å². The second-order valence-corrected chi connectivity index (χ2v) is 8.31. The highest BCUT2D eigenvalue weighted by molar-refractivity contribution is 5.97. The number of nitrogens with zero attached hydrogens (tertiary/aromatic N) is 1. The Balaban J connectivity index is 1.37. The third-order valence-corrected chi connectivity index (χ3v) is 5.78. The maximum atomic E-state index is 13.9. The Morgan fingerprint density at radius 3 is 2.17 bits per heavy atom. The molecule has 3 N–H and O–H groups in total. The number of rotatable bonds is 6. The molecule has 7 nitrogen and oxygen atoms in total. The van der Waals surface area contributed by atoms with Gasteiger partial charge < -0.3 is 20.5 Å². The lowest BCUT2D eigenvalue weighted by molar-refractivity contribution is 0.0886. The molecule has 0 saturated heterocycles. The van der Waals surface area contributed by atoms with Crippen molar-refractivity contribution in [1.29, 1.82) is 0 Å². The molecule has 1 fully saturated rings. The number of hydrogen-bond acceptors (Lipinski definition) is 5. The molecule has 0 spiro atoms. The predicted molar refractivity (Wildman–Crippen MR) is 120 cm³/mol. The number of phenolic OH excluding ortho intramolecular Hbond substituents is 1. The Labute approximate surface area is 203 Å². The number of amides is 2. The topological polar surface area (TPSA) is 101 Å². The molecule has 1 aromatic heterocycles. The van der Waals surface area contributed by atoms with Crippen molar-refractivity contribution in [2.75, 3.05) is 0 Å². The normalized spacial score (nSPS) is 17.3. The number of carbonyl (C=O) groups excluding carboxylic acids is 2. The number of aromatic hydroxyl groups is 1. The van der Waals surface area contributed by atoms with Gasteiger partial charge in [0.2, 0.25) is 5.88 Å². The zero-order valence-corrected chi connectivity index (χ0v) is 18.7. The Bertz CT molecular complexity index is 1280. The van der Waals surface area contributed by atoms with Gasteiger partial charge in [0.25, 0.3) is 11.8 Å². The molecule has 3 aromatic rings. The quantitative estimate of drug-likeness (QED) is 0.427. The smallest absolute Gasteiger partial charge is 0.258 e. The molecule has 2 aromatic carbocycles. The summed E-state index contributed by atoms with van der Waals surface area (Å²) in [6.45, 7) is 0. The number of phenols is 1. The molecule has 4 rings (SSSR count). The average molecular weight is 503 g/mol. The largest absolute Gasteiger partial charge is 0.507 e. The number of carbonyl (C=O) groups is 2. The van der Waals surface area contributed by atoms with Crippen molar-refractivity contribution in [3.63, 3.8) is 0 Å². The van der Waals surface area contributed by atoms with Crippen LogP contribution in [-0.2, 0) is 0 Å². The van der Waals surface area contributed by atoms with Gasteiger partial charge in [0.15, 0.2) is 11.6 Å². The van der Waals surface area contributed by atoms with E-state index >= 15 is 0 Å². The third-order valence-electron chi connectivity index (χ3n) is 5.78. The maximum Gasteiger partial charge on any atom is 0.258 e. The highest BCUT2D eigenvalue weighted by Crippen LogP contribution is 2.27. The molecule has 188 valence electrons. The molecule has 2 amide bonds. The van der Waals surface area contributed by atoms with Crippen LogP contribution in [0, 0.1) is 23.3 Å². The lowest BCUT2D eigenvalue weighted by Gasteiger charge is -2.30. The number of pyridine rings is 1. The Kier molecular flexibility index (Phi) is 7.37. The number of hydrogen-bond donors (Lipinski definition) is 3. The van der Waals surface area contributed by atoms with Gasteiger partial charge in [0.05, 0.1) is 6.20 Å². The fourth-order valence-corrected chi connectivity index (χ4v) is 3.96. The second-order valence-electron chi connectivity index (χ2n) is 8.31. The van der Waals surface area contributed by atoms with Gasteiger partial charge >= 0.3 is 0 Å². The SMILES string of the molecule is O=C(NC1CCC(NC(=O)c2c(O)cccc2F)CC1)c1cc(F)cnc1Oc1ccc(F)c(F)c1. The van der Waals surface area contributed by atoms with Gasteiger partial charge in [0, 0.05) is 18.2 Å². The van der Waals surface area contributed by atoms with E-state index in [9.17, 15) is 32.3 Å². The van der Waals surface area contributed by atoms with E-state index in [0.29, 0.717) is 25.7 Å². The molecular formula is C25H21F4N3O4. The van der Waals surface area contributed by atoms with Gasteiger partial charge in [-0.1, -0.05) is 6.07 Å². The van der Waals surface area contributed by atoms with Gasteiger partial charge in [-0.15, -0.1) is 0 Å². The highest BCUT2D eigenvalue weighted by Gasteiger charge is 2.27. The molecule has 0 aliphatic heterocycles. The summed E-state index contributed by atoms with van der Waals surface area (Å²) in [7, 11) is 0. The minimum absolute atomic E-state index is 0.126. The van der Waals surface area contributed by atoms with Crippen molar-refractivity contribution in [2.45, 2.75) is 37.8 Å². The number of aromatic nitrogens is 1. The van der Waals surface area contributed by atoms with Gasteiger partial charge in [-0.2, -0.15) is 0 Å². The maximum absolute atomic E-state index is 13.9. The van der Waals surface area contributed by atoms with Crippen molar-refractivity contribution >= 4 is 11.8 Å². The fourth-order valence-electron chi connectivity index (χ4n) is 3.96. The summed E-state index contributed by atoms with van der Waals surface area (Å²) in [5.41, 5.74) is -0.662. The van der Waals surface area contributed by atoms with E-state index in [4.69, 9.17) is 4.74 Å². The Morgan fingerprint density at radius 1 is 0.861 bits per heavy atom. The minimum Gasteiger partial charge on any atom is -0.507 e. The van der Waals surface area contributed by atoms with Gasteiger partial charge in [-0.25, -0.2) is 22.5 Å². The molecule has 1 saturated carbocycles. The van der Waals surface area contributed by atoms with Gasteiger partial charge in [0.1, 0.15) is 34.3 Å². The van der Waals surface area contributed by atoms with E-state index in [-0.39, 0.29) is 29.3 Å². The van der Waals surface area contributed by atoms with Crippen LogP contribution in [-0.4, -0.2) is 34.0 Å². The Hall–Kier alpha value is -4.15. The summed E-state index contributed by atoms with van der Waals surface area (Å²) in [6, 6.07) is 6.66. The van der Waals surface area contributed by atoms with Crippen molar-refractivity contribution in [1.82, 2.24) is 15.6 Å². The van der Waals surface area contributed by atoms with Crippen LogP contribution in [0.5, 0.6) is 17.4 Å². The lowest BCUT2D eigenvalue weighted by atomic mass is 9.90. The summed E-state index contributed by atoms with van der Waals surface area (Å²) < 4.78 is 59.8. The first-order valence-corrected chi connectivity index (χ1v) is 11.1. The molecule has 1 heterocycles. The van der Waals surface area contributed by atoms with E-state index in [0.717, 1.165) is 36.5 Å². The van der Waals surface area contributed by atoms with Gasteiger partial charge in [-0.3, -0.25) is 9.59 Å². The summed E-state index contributed by atoms with van der Waals surface area (Å²) in [5.74, 6) is -6.15. The van der Waals surface area contributed by atoms with Crippen LogP contribution in [0.3, 0.4) is 0 Å². The molecule has 0 unspecified atom stereocenters. The molecule has 0 atom stereocenters. The summed E-state index contributed by atoms with van der Waals surface area (Å²) in [5, 5.41) is 15.2. The van der Waals surface area contributed by atoms with Crippen molar-refractivity contribution in [2.24, 2.45) is 0 Å². The van der Waals surface area contributed by atoms with Crippen molar-refractivity contribution in [3.8, 4) is 17.4 Å². The van der Waals surface area contributed by atoms with Crippen LogP contribution < -0.4 is 15.4 Å². The van der Waals surface area contributed by atoms with E-state index in [1.54, 1.807) is 0 Å². The first-order valence-electron chi connectivity index (χ1n) is 11.1. The monoisotopic (exact) mass is 503 g/mol. The molecular weight excluding hydrogens is 482 g/mol. The van der Waals surface area contributed by atoms with E-state index < -0.39 is 46.4 Å². The molecule has 36 heavy (non-hydrogen) atoms. The third kappa shape index (κ3) is 5.73. The predicted octanol–water partition coefficient (Wildman–Crippen LogP) is 4.61. The van der Waals surface area contributed by atoms with Crippen LogP contribution >= 0.6 is 0 Å². The first kappa shape index (κ1) is 25.0. The second kappa shape index (κ2) is 10.6. The molecule has 0 radical (unpaired) electrons. The summed E-state index contributed by atoms with van der Waals surface area (Å²) in [4.78, 5) is 29.0. The summed E-state index contributed by atoms with van der Waals surface area (Å²) in [6.07, 6.45) is 2.67. The average Bonchev–Trinajstić information content (AvgIpc) is 2.83. The van der Waals surface area contributed by atoms with Crippen LogP contribution in [0.2, 0.25) is 0 Å². The van der Waals surface area contributed by atoms with Crippen LogP contribution in [0.25, 0.3) is 0 Å². The molecule has 0 bridgehead atoms. The standard InChI is InChI=1S/C25H21F4N3O4/c26-13-10-17(25(30-12-13)36-16-8-9-18(27)20(29)11-16)23(34)31-14-4-6-15(7-5-14)32-24(35)22-19(28)2-1-3-21(22)33/h1-3,8-12,14-15,33H,4-7H2,(H,31,34)(H,32,35). The van der Waals surface area contributed by atoms with E-state index in [1.807, 2.05) is 0 Å². The molecule has 1 aliphatic rings. The van der Waals surface area contributed by atoms with Crippen molar-refractivity contribution in [3.05, 3.63) is 83.1 Å². The fraction of sp³-hybridized carbons (Fsp3) is 0.240.